The van der Waals surface area contributed by atoms with E-state index < -0.39 is 27.8 Å². The summed E-state index contributed by atoms with van der Waals surface area (Å²) in [6.07, 6.45) is 4.11. The Morgan fingerprint density at radius 1 is 0.976 bits per heavy atom. The van der Waals surface area contributed by atoms with Crippen LogP contribution in [0, 0.1) is 12.3 Å². The predicted molar refractivity (Wildman–Crippen MR) is 154 cm³/mol. The normalized spacial score (nSPS) is 20.5. The third-order valence-electron chi connectivity index (χ3n) is 8.66. The highest BCUT2D eigenvalue weighted by molar-refractivity contribution is 7.93. The van der Waals surface area contributed by atoms with Crippen LogP contribution in [0.4, 0.5) is 26.1 Å². The molecule has 3 aliphatic rings. The molecule has 14 heteroatoms. The molecule has 6 rings (SSSR count). The molecule has 2 aliphatic heterocycles. The number of hydrogen-bond donors (Lipinski definition) is 2. The average Bonchev–Trinajstić information content (AvgIpc) is 3.52. The number of hydrogen-bond acceptors (Lipinski definition) is 10. The van der Waals surface area contributed by atoms with Crippen LogP contribution in [0.5, 0.6) is 0 Å². The summed E-state index contributed by atoms with van der Waals surface area (Å²) in [7, 11) is -3.78. The third kappa shape index (κ3) is 5.91. The van der Waals surface area contributed by atoms with E-state index in [0.29, 0.717) is 34.0 Å². The van der Waals surface area contributed by atoms with E-state index in [2.05, 4.69) is 29.8 Å². The molecule has 1 atom stereocenters. The molecule has 1 aliphatic carbocycles. The number of aliphatic hydroxyl groups excluding tert-OH is 1. The molecule has 0 amide bonds. The van der Waals surface area contributed by atoms with Gasteiger partial charge in [0, 0.05) is 44.7 Å². The Bertz CT molecular complexity index is 1560. The molecular formula is C28H35F2N7O4S. The van der Waals surface area contributed by atoms with Crippen LogP contribution in [0.1, 0.15) is 51.1 Å². The summed E-state index contributed by atoms with van der Waals surface area (Å²) in [6, 6.07) is 6.86. The van der Waals surface area contributed by atoms with Crippen molar-refractivity contribution in [2.45, 2.75) is 63.5 Å². The van der Waals surface area contributed by atoms with Crippen molar-refractivity contribution in [3.05, 3.63) is 30.0 Å². The minimum Gasteiger partial charge on any atom is -0.415 e. The van der Waals surface area contributed by atoms with Gasteiger partial charge in [-0.05, 0) is 69.2 Å². The maximum atomic E-state index is 13.7. The number of benzene rings is 1. The quantitative estimate of drug-likeness (QED) is 0.385. The van der Waals surface area contributed by atoms with Gasteiger partial charge in [-0.25, -0.2) is 27.2 Å². The first kappa shape index (κ1) is 28.7. The Hall–Kier alpha value is -3.39. The minimum absolute atomic E-state index is 0.151. The Labute approximate surface area is 243 Å². The summed E-state index contributed by atoms with van der Waals surface area (Å²) in [6.45, 7) is 4.69. The van der Waals surface area contributed by atoms with E-state index in [4.69, 9.17) is 4.42 Å². The van der Waals surface area contributed by atoms with Gasteiger partial charge in [-0.3, -0.25) is 4.72 Å². The van der Waals surface area contributed by atoms with Gasteiger partial charge in [-0.1, -0.05) is 0 Å². The molecule has 2 saturated heterocycles. The third-order valence-corrected chi connectivity index (χ3v) is 10.4. The topological polar surface area (TPSA) is 138 Å². The SMILES string of the molecule is Cc1cc(-c2nnc(-c3ccc(NS(=O)(=O)[C@@H](C)CO)cc3N3CCC4(CC3)CC4)o2)nc(N2CCC(F)(F)CC2)n1. The highest BCUT2D eigenvalue weighted by Gasteiger charge is 2.44. The zero-order chi connectivity index (χ0) is 29.7. The number of anilines is 3. The van der Waals surface area contributed by atoms with Crippen LogP contribution in [0.2, 0.25) is 0 Å². The molecule has 3 aromatic rings. The van der Waals surface area contributed by atoms with Gasteiger partial charge in [-0.15, -0.1) is 10.2 Å². The van der Waals surface area contributed by atoms with Gasteiger partial charge in [-0.2, -0.15) is 0 Å². The molecule has 3 fully saturated rings. The molecule has 4 heterocycles. The molecule has 1 saturated carbocycles. The van der Waals surface area contributed by atoms with Gasteiger partial charge < -0.3 is 19.3 Å². The van der Waals surface area contributed by atoms with Crippen molar-refractivity contribution < 1.29 is 26.7 Å². The second-order valence-corrected chi connectivity index (χ2v) is 13.9. The molecule has 42 heavy (non-hydrogen) atoms. The molecule has 2 aromatic heterocycles. The van der Waals surface area contributed by atoms with Crippen molar-refractivity contribution in [1.29, 1.82) is 0 Å². The highest BCUT2D eigenvalue weighted by atomic mass is 32.2. The fraction of sp³-hybridized carbons (Fsp3) is 0.571. The number of halogens is 2. The first-order valence-electron chi connectivity index (χ1n) is 14.3. The van der Waals surface area contributed by atoms with Crippen molar-refractivity contribution in [2.24, 2.45) is 5.41 Å². The van der Waals surface area contributed by atoms with Crippen LogP contribution >= 0.6 is 0 Å². The molecule has 0 bridgehead atoms. The molecule has 226 valence electrons. The monoisotopic (exact) mass is 603 g/mol. The van der Waals surface area contributed by atoms with Gasteiger partial charge in [0.1, 0.15) is 10.9 Å². The standard InChI is InChI=1S/C28H35F2N7O4S/c1-18-15-22(32-26(31-18)37-13-9-28(29,30)10-14-37)25-34-33-24(41-25)21-4-3-20(35-42(39,40)19(2)17-38)16-23(21)36-11-7-27(5-6-27)8-12-36/h3-4,15-16,19,35,38H,5-14,17H2,1-2H3/t19-/m0/s1. The fourth-order valence-electron chi connectivity index (χ4n) is 5.57. The maximum absolute atomic E-state index is 13.7. The second kappa shape index (κ2) is 10.7. The average molecular weight is 604 g/mol. The van der Waals surface area contributed by atoms with Crippen LogP contribution < -0.4 is 14.5 Å². The summed E-state index contributed by atoms with van der Waals surface area (Å²) in [5, 5.41) is 17.0. The van der Waals surface area contributed by atoms with Crippen LogP contribution in [0.15, 0.2) is 28.7 Å². The zero-order valence-corrected chi connectivity index (χ0v) is 24.5. The van der Waals surface area contributed by atoms with Gasteiger partial charge in [0.2, 0.25) is 21.9 Å². The molecule has 11 nitrogen and oxygen atoms in total. The smallest absolute Gasteiger partial charge is 0.266 e. The summed E-state index contributed by atoms with van der Waals surface area (Å²) in [5.74, 6) is -1.92. The van der Waals surface area contributed by atoms with Crippen molar-refractivity contribution >= 4 is 27.3 Å². The maximum Gasteiger partial charge on any atom is 0.266 e. The lowest BCUT2D eigenvalue weighted by Gasteiger charge is -2.35. The Morgan fingerprint density at radius 2 is 1.64 bits per heavy atom. The van der Waals surface area contributed by atoms with Crippen LogP contribution in [-0.4, -0.2) is 77.6 Å². The molecule has 0 unspecified atom stereocenters. The van der Waals surface area contributed by atoms with Crippen LogP contribution in [0.25, 0.3) is 23.0 Å². The first-order chi connectivity index (χ1) is 20.0. The van der Waals surface area contributed by atoms with Crippen LogP contribution in [0.3, 0.4) is 0 Å². The second-order valence-electron chi connectivity index (χ2n) is 11.8. The highest BCUT2D eigenvalue weighted by Crippen LogP contribution is 2.54. The van der Waals surface area contributed by atoms with Gasteiger partial charge in [0.15, 0.2) is 0 Å². The largest absolute Gasteiger partial charge is 0.415 e. The number of nitrogens with one attached hydrogen (secondary N) is 1. The number of sulfonamides is 1. The number of alkyl halides is 2. The summed E-state index contributed by atoms with van der Waals surface area (Å²) in [5.41, 5.74) is 3.28. The molecule has 1 aromatic carbocycles. The van der Waals surface area contributed by atoms with Crippen molar-refractivity contribution in [3.63, 3.8) is 0 Å². The molecule has 2 N–H and O–H groups in total. The van der Waals surface area contributed by atoms with Crippen molar-refractivity contribution in [2.75, 3.05) is 47.3 Å². The lowest BCUT2D eigenvalue weighted by molar-refractivity contribution is -0.0222. The van der Waals surface area contributed by atoms with Crippen LogP contribution in [-0.2, 0) is 10.0 Å². The van der Waals surface area contributed by atoms with E-state index in [0.717, 1.165) is 31.6 Å². The number of piperidine rings is 2. The van der Waals surface area contributed by atoms with Crippen molar-refractivity contribution in [3.8, 4) is 23.0 Å². The number of rotatable bonds is 8. The van der Waals surface area contributed by atoms with Crippen molar-refractivity contribution in [1.82, 2.24) is 20.2 Å². The number of aryl methyl sites for hydroxylation is 1. The van der Waals surface area contributed by atoms with E-state index in [1.165, 1.54) is 19.8 Å². The molecule has 0 radical (unpaired) electrons. The summed E-state index contributed by atoms with van der Waals surface area (Å²) >= 11 is 0. The summed E-state index contributed by atoms with van der Waals surface area (Å²) in [4.78, 5) is 13.0. The number of nitrogens with zero attached hydrogens (tertiary/aromatic N) is 6. The van der Waals surface area contributed by atoms with Gasteiger partial charge in [0.25, 0.3) is 11.8 Å². The van der Waals surface area contributed by atoms with E-state index >= 15 is 0 Å². The molecular weight excluding hydrogens is 568 g/mol. The van der Waals surface area contributed by atoms with Gasteiger partial charge >= 0.3 is 0 Å². The van der Waals surface area contributed by atoms with E-state index in [1.807, 2.05) is 0 Å². The predicted octanol–water partition coefficient (Wildman–Crippen LogP) is 4.24. The Kier molecular flexibility index (Phi) is 7.32. The van der Waals surface area contributed by atoms with E-state index in [9.17, 15) is 22.3 Å². The summed E-state index contributed by atoms with van der Waals surface area (Å²) < 4.78 is 61.4. The fourth-order valence-corrected chi connectivity index (χ4v) is 6.43. The Balaban J connectivity index is 1.31. The molecule has 1 spiro atoms. The zero-order valence-electron chi connectivity index (χ0n) is 23.7. The van der Waals surface area contributed by atoms with E-state index in [1.54, 1.807) is 36.1 Å². The van der Waals surface area contributed by atoms with Gasteiger partial charge in [0.05, 0.1) is 23.5 Å². The lowest BCUT2D eigenvalue weighted by Crippen LogP contribution is -2.40. The van der Waals surface area contributed by atoms with E-state index in [-0.39, 0.29) is 37.7 Å². The Morgan fingerprint density at radius 3 is 2.31 bits per heavy atom. The minimum atomic E-state index is -3.78. The first-order valence-corrected chi connectivity index (χ1v) is 15.8. The number of aromatic nitrogens is 4. The number of aliphatic hydroxyl groups is 1. The lowest BCUT2D eigenvalue weighted by atomic mass is 9.93.